The zero-order valence-electron chi connectivity index (χ0n) is 19.7. The van der Waals surface area contributed by atoms with Crippen LogP contribution in [0.25, 0.3) is 32.7 Å². The summed E-state index contributed by atoms with van der Waals surface area (Å²) in [5.74, 6) is 0.378. The molecule has 0 atom stereocenters. The average Bonchev–Trinajstić information content (AvgIpc) is 2.88. The van der Waals surface area contributed by atoms with E-state index in [4.69, 9.17) is 10.9 Å². The van der Waals surface area contributed by atoms with Crippen LogP contribution in [0.4, 0.5) is 0 Å². The quantitative estimate of drug-likeness (QED) is 0.187. The van der Waals surface area contributed by atoms with Crippen molar-refractivity contribution < 1.29 is 20.5 Å². The Morgan fingerprint density at radius 2 is 1.11 bits per heavy atom. The SMILES string of the molecule is CC(=O)OI(OC(C)=O)c1ccc2ccccc2c1-c1c(Oc2ccccc2)ccc2ccccc12. The van der Waals surface area contributed by atoms with Crippen molar-refractivity contribution in [3.8, 4) is 22.6 Å². The summed E-state index contributed by atoms with van der Waals surface area (Å²) in [7, 11) is 0. The summed E-state index contributed by atoms with van der Waals surface area (Å²) in [6.07, 6.45) is 0. The fourth-order valence-electron chi connectivity index (χ4n) is 4.13. The number of para-hydroxylation sites is 1. The van der Waals surface area contributed by atoms with Crippen molar-refractivity contribution in [3.63, 3.8) is 0 Å². The first kappa shape index (κ1) is 23.8. The minimum atomic E-state index is -3.19. The molecule has 0 saturated carbocycles. The Hall–Kier alpha value is -3.91. The second-order valence-electron chi connectivity index (χ2n) is 8.07. The van der Waals surface area contributed by atoms with Crippen molar-refractivity contribution >= 4 is 54.1 Å². The second kappa shape index (κ2) is 10.4. The fraction of sp³-hybridized carbons (Fsp3) is 0.0667. The van der Waals surface area contributed by atoms with E-state index in [0.29, 0.717) is 15.1 Å². The first-order valence-corrected chi connectivity index (χ1v) is 14.2. The van der Waals surface area contributed by atoms with Gasteiger partial charge in [-0.15, -0.1) is 0 Å². The van der Waals surface area contributed by atoms with Gasteiger partial charge in [-0.2, -0.15) is 0 Å². The topological polar surface area (TPSA) is 61.8 Å². The van der Waals surface area contributed by atoms with Crippen molar-refractivity contribution in [1.82, 2.24) is 0 Å². The van der Waals surface area contributed by atoms with E-state index in [1.807, 2.05) is 103 Å². The Morgan fingerprint density at radius 1 is 0.583 bits per heavy atom. The van der Waals surface area contributed by atoms with Gasteiger partial charge in [0.15, 0.2) is 0 Å². The molecule has 0 aliphatic carbocycles. The Bertz CT molecular complexity index is 1560. The van der Waals surface area contributed by atoms with Crippen molar-refractivity contribution in [2.75, 3.05) is 0 Å². The van der Waals surface area contributed by atoms with Gasteiger partial charge in [0, 0.05) is 0 Å². The number of halogens is 1. The summed E-state index contributed by atoms with van der Waals surface area (Å²) in [6, 6.07) is 33.5. The van der Waals surface area contributed by atoms with Crippen LogP contribution >= 0.6 is 20.6 Å². The van der Waals surface area contributed by atoms with Gasteiger partial charge in [-0.25, -0.2) is 0 Å². The molecule has 0 N–H and O–H groups in total. The number of rotatable bonds is 6. The van der Waals surface area contributed by atoms with Gasteiger partial charge in [0.2, 0.25) is 0 Å². The van der Waals surface area contributed by atoms with E-state index in [-0.39, 0.29) is 0 Å². The normalized spacial score (nSPS) is 11.2. The molecule has 0 amide bonds. The molecule has 0 aromatic heterocycles. The maximum atomic E-state index is 12.0. The Kier molecular flexibility index (Phi) is 6.86. The molecule has 180 valence electrons. The molecule has 0 saturated heterocycles. The van der Waals surface area contributed by atoms with Gasteiger partial charge in [0.05, 0.1) is 0 Å². The molecule has 0 aliphatic heterocycles. The molecule has 6 heteroatoms. The molecule has 0 unspecified atom stereocenters. The summed E-state index contributed by atoms with van der Waals surface area (Å²) < 4.78 is 18.5. The molecular formula is C30H23IO5. The van der Waals surface area contributed by atoms with Gasteiger partial charge in [0.1, 0.15) is 0 Å². The molecule has 5 nitrogen and oxygen atoms in total. The molecule has 0 radical (unpaired) electrons. The van der Waals surface area contributed by atoms with Crippen LogP contribution in [-0.4, -0.2) is 11.9 Å². The van der Waals surface area contributed by atoms with Crippen LogP contribution in [0, 0.1) is 3.57 Å². The summed E-state index contributed by atoms with van der Waals surface area (Å²) in [5.41, 5.74) is 1.69. The van der Waals surface area contributed by atoms with Gasteiger partial charge in [-0.05, 0) is 0 Å². The molecule has 36 heavy (non-hydrogen) atoms. The van der Waals surface area contributed by atoms with Gasteiger partial charge in [0.25, 0.3) is 0 Å². The molecule has 0 heterocycles. The summed E-state index contributed by atoms with van der Waals surface area (Å²) in [5, 5.41) is 3.97. The maximum absolute atomic E-state index is 12.0. The number of carbonyl (C=O) groups excluding carboxylic acids is 2. The van der Waals surface area contributed by atoms with Gasteiger partial charge in [-0.1, -0.05) is 0 Å². The van der Waals surface area contributed by atoms with Crippen LogP contribution < -0.4 is 4.74 Å². The third-order valence-electron chi connectivity index (χ3n) is 5.51. The van der Waals surface area contributed by atoms with Crippen LogP contribution in [0.5, 0.6) is 11.5 Å². The van der Waals surface area contributed by atoms with Crippen LogP contribution in [0.3, 0.4) is 0 Å². The van der Waals surface area contributed by atoms with E-state index >= 15 is 0 Å². The summed E-state index contributed by atoms with van der Waals surface area (Å²) in [4.78, 5) is 24.1. The Morgan fingerprint density at radius 3 is 1.72 bits per heavy atom. The van der Waals surface area contributed by atoms with Crippen molar-refractivity contribution in [2.24, 2.45) is 0 Å². The van der Waals surface area contributed by atoms with E-state index in [1.165, 1.54) is 13.8 Å². The summed E-state index contributed by atoms with van der Waals surface area (Å²) >= 11 is -3.19. The number of carbonyl (C=O) groups is 2. The number of hydrogen-bond acceptors (Lipinski definition) is 5. The van der Waals surface area contributed by atoms with E-state index in [0.717, 1.165) is 32.7 Å². The predicted molar refractivity (Wildman–Crippen MR) is 150 cm³/mol. The average molecular weight is 590 g/mol. The van der Waals surface area contributed by atoms with Gasteiger partial charge in [-0.3, -0.25) is 0 Å². The molecule has 0 aliphatic rings. The predicted octanol–water partition coefficient (Wildman–Crippen LogP) is 8.08. The van der Waals surface area contributed by atoms with Crippen LogP contribution in [0.15, 0.2) is 103 Å². The molecule has 0 spiro atoms. The first-order chi connectivity index (χ1) is 17.5. The Labute approximate surface area is 217 Å². The molecule has 5 rings (SSSR count). The zero-order chi connectivity index (χ0) is 25.1. The monoisotopic (exact) mass is 590 g/mol. The van der Waals surface area contributed by atoms with E-state index < -0.39 is 32.6 Å². The van der Waals surface area contributed by atoms with Crippen LogP contribution in [0.1, 0.15) is 13.8 Å². The first-order valence-electron chi connectivity index (χ1n) is 11.4. The standard InChI is InChI=1S/C30H23IO5/c1-20(32)35-31(36-21(2)33)27-18-16-22-10-6-8-14-25(22)29(27)30-26-15-9-7-11-23(26)17-19-28(30)34-24-12-4-3-5-13-24/h3-19H,1-2H3. The number of ether oxygens (including phenoxy) is 1. The van der Waals surface area contributed by atoms with E-state index in [9.17, 15) is 9.59 Å². The number of benzene rings is 5. The molecule has 0 fully saturated rings. The molecule has 5 aromatic rings. The van der Waals surface area contributed by atoms with Crippen molar-refractivity contribution in [2.45, 2.75) is 13.8 Å². The van der Waals surface area contributed by atoms with Crippen molar-refractivity contribution in [1.29, 1.82) is 0 Å². The fourth-order valence-corrected chi connectivity index (χ4v) is 7.30. The molecular weight excluding hydrogens is 567 g/mol. The third-order valence-corrected chi connectivity index (χ3v) is 9.40. The number of hydrogen-bond donors (Lipinski definition) is 0. The van der Waals surface area contributed by atoms with Gasteiger partial charge < -0.3 is 0 Å². The van der Waals surface area contributed by atoms with Crippen molar-refractivity contribution in [3.05, 3.63) is 107 Å². The van der Waals surface area contributed by atoms with E-state index in [2.05, 4.69) is 0 Å². The second-order valence-corrected chi connectivity index (χ2v) is 11.4. The third kappa shape index (κ3) is 4.90. The molecule has 5 aromatic carbocycles. The van der Waals surface area contributed by atoms with Gasteiger partial charge >= 0.3 is 218 Å². The minimum absolute atomic E-state index is 0.487. The number of fused-ring (bicyclic) bond motifs is 2. The molecule has 0 bridgehead atoms. The van der Waals surface area contributed by atoms with Crippen LogP contribution in [0.2, 0.25) is 0 Å². The van der Waals surface area contributed by atoms with E-state index in [1.54, 1.807) is 0 Å². The Balaban J connectivity index is 1.86. The summed E-state index contributed by atoms with van der Waals surface area (Å²) in [6.45, 7) is 2.66. The van der Waals surface area contributed by atoms with Crippen LogP contribution in [-0.2, 0) is 15.7 Å². The zero-order valence-corrected chi connectivity index (χ0v) is 21.9.